The van der Waals surface area contributed by atoms with Crippen molar-refractivity contribution in [1.29, 1.82) is 0 Å². The molecule has 0 spiro atoms. The number of hydrogen-bond acceptors (Lipinski definition) is 5. The largest absolute Gasteiger partial charge is 0.353 e. The van der Waals surface area contributed by atoms with Gasteiger partial charge in [-0.2, -0.15) is 5.10 Å². The van der Waals surface area contributed by atoms with Crippen LogP contribution in [-0.4, -0.2) is 47.3 Å². The molecule has 3 N–H and O–H groups in total. The molecule has 2 aromatic heterocycles. The molecule has 132 valence electrons. The molecule has 0 saturated carbocycles. The van der Waals surface area contributed by atoms with E-state index in [0.717, 1.165) is 35.4 Å². The zero-order valence-corrected chi connectivity index (χ0v) is 15.4. The van der Waals surface area contributed by atoms with Crippen LogP contribution in [0.15, 0.2) is 6.07 Å². The van der Waals surface area contributed by atoms with Gasteiger partial charge in [0.1, 0.15) is 10.9 Å². The summed E-state index contributed by atoms with van der Waals surface area (Å²) >= 11 is 1.38. The maximum atomic E-state index is 12.3. The van der Waals surface area contributed by atoms with E-state index in [1.165, 1.54) is 11.3 Å². The molecule has 2 heterocycles. The summed E-state index contributed by atoms with van der Waals surface area (Å²) in [7, 11) is 1.86. The fraction of sp³-hybridized carbons (Fsp3) is 0.562. The first-order valence-corrected chi connectivity index (χ1v) is 8.98. The number of nitrogens with one attached hydrogen (secondary N) is 3. The van der Waals surface area contributed by atoms with Crippen molar-refractivity contribution in [2.24, 2.45) is 7.05 Å². The standard InChI is InChI=1S/C16H25N5O2S/c1-5-6-17-7-8-18-14(22)11(3)19-15(23)13-9-12-10(2)20-21(4)16(12)24-13/h9,11,17H,5-8H2,1-4H3,(H,18,22)(H,19,23). The van der Waals surface area contributed by atoms with Crippen molar-refractivity contribution in [3.63, 3.8) is 0 Å². The van der Waals surface area contributed by atoms with Crippen molar-refractivity contribution >= 4 is 33.4 Å². The van der Waals surface area contributed by atoms with Crippen LogP contribution in [0.25, 0.3) is 10.2 Å². The van der Waals surface area contributed by atoms with Gasteiger partial charge in [0, 0.05) is 25.5 Å². The van der Waals surface area contributed by atoms with Crippen LogP contribution in [0.2, 0.25) is 0 Å². The van der Waals surface area contributed by atoms with Crippen molar-refractivity contribution in [1.82, 2.24) is 25.7 Å². The smallest absolute Gasteiger partial charge is 0.262 e. The molecule has 0 bridgehead atoms. The number of carbonyl (C=O) groups excluding carboxylic acids is 2. The van der Waals surface area contributed by atoms with Gasteiger partial charge in [0.05, 0.1) is 10.6 Å². The van der Waals surface area contributed by atoms with Crippen molar-refractivity contribution in [2.45, 2.75) is 33.2 Å². The van der Waals surface area contributed by atoms with Crippen LogP contribution in [0.1, 0.15) is 35.6 Å². The molecule has 0 aliphatic heterocycles. The number of amides is 2. The van der Waals surface area contributed by atoms with E-state index in [9.17, 15) is 9.59 Å². The van der Waals surface area contributed by atoms with Gasteiger partial charge >= 0.3 is 0 Å². The van der Waals surface area contributed by atoms with Crippen molar-refractivity contribution < 1.29 is 9.59 Å². The fourth-order valence-corrected chi connectivity index (χ4v) is 3.41. The Morgan fingerprint density at radius 1 is 1.33 bits per heavy atom. The van der Waals surface area contributed by atoms with E-state index < -0.39 is 6.04 Å². The molecule has 7 nitrogen and oxygen atoms in total. The first-order valence-electron chi connectivity index (χ1n) is 8.16. The number of aromatic nitrogens is 2. The average Bonchev–Trinajstić information content (AvgIpc) is 3.09. The molecule has 2 amide bonds. The lowest BCUT2D eigenvalue weighted by atomic mass is 10.2. The molecular weight excluding hydrogens is 326 g/mol. The van der Waals surface area contributed by atoms with Gasteiger partial charge < -0.3 is 16.0 Å². The second-order valence-electron chi connectivity index (χ2n) is 5.77. The van der Waals surface area contributed by atoms with Crippen LogP contribution in [0.4, 0.5) is 0 Å². The number of aryl methyl sites for hydroxylation is 2. The predicted octanol–water partition coefficient (Wildman–Crippen LogP) is 1.18. The monoisotopic (exact) mass is 351 g/mol. The summed E-state index contributed by atoms with van der Waals surface area (Å²) in [6.07, 6.45) is 1.06. The van der Waals surface area contributed by atoms with Crippen LogP contribution in [0.3, 0.4) is 0 Å². The summed E-state index contributed by atoms with van der Waals surface area (Å²) < 4.78 is 1.77. The minimum absolute atomic E-state index is 0.180. The molecule has 0 saturated heterocycles. The fourth-order valence-electron chi connectivity index (χ4n) is 2.38. The summed E-state index contributed by atoms with van der Waals surface area (Å²) in [6, 6.07) is 1.25. The molecule has 8 heteroatoms. The number of hydrogen-bond donors (Lipinski definition) is 3. The number of rotatable bonds is 8. The third-order valence-corrected chi connectivity index (χ3v) is 4.89. The third-order valence-electron chi connectivity index (χ3n) is 3.69. The highest BCUT2D eigenvalue weighted by molar-refractivity contribution is 7.20. The van der Waals surface area contributed by atoms with Gasteiger partial charge in [0.25, 0.3) is 5.91 Å². The van der Waals surface area contributed by atoms with Crippen LogP contribution in [0, 0.1) is 6.92 Å². The number of fused-ring (bicyclic) bond motifs is 1. The van der Waals surface area contributed by atoms with E-state index in [0.29, 0.717) is 11.4 Å². The molecule has 2 aromatic rings. The summed E-state index contributed by atoms with van der Waals surface area (Å²) in [5, 5.41) is 14.1. The Morgan fingerprint density at radius 2 is 2.08 bits per heavy atom. The van der Waals surface area contributed by atoms with Gasteiger partial charge in [-0.3, -0.25) is 14.3 Å². The molecule has 0 fully saturated rings. The quantitative estimate of drug-likeness (QED) is 0.623. The van der Waals surface area contributed by atoms with Crippen LogP contribution < -0.4 is 16.0 Å². The lowest BCUT2D eigenvalue weighted by Crippen LogP contribution is -2.46. The molecule has 0 aliphatic rings. The lowest BCUT2D eigenvalue weighted by Gasteiger charge is -2.13. The Bertz CT molecular complexity index is 687. The normalized spacial score (nSPS) is 12.3. The molecule has 1 unspecified atom stereocenters. The maximum Gasteiger partial charge on any atom is 0.262 e. The van der Waals surface area contributed by atoms with Crippen LogP contribution >= 0.6 is 11.3 Å². The zero-order chi connectivity index (χ0) is 17.7. The van der Waals surface area contributed by atoms with Crippen molar-refractivity contribution in [3.8, 4) is 0 Å². The Hall–Kier alpha value is -1.93. The van der Waals surface area contributed by atoms with Crippen LogP contribution in [-0.2, 0) is 11.8 Å². The van der Waals surface area contributed by atoms with E-state index in [1.54, 1.807) is 11.6 Å². The minimum Gasteiger partial charge on any atom is -0.353 e. The van der Waals surface area contributed by atoms with Crippen molar-refractivity contribution in [2.75, 3.05) is 19.6 Å². The molecule has 24 heavy (non-hydrogen) atoms. The Balaban J connectivity index is 1.88. The Labute approximate surface area is 145 Å². The number of nitrogens with zero attached hydrogens (tertiary/aromatic N) is 2. The van der Waals surface area contributed by atoms with E-state index in [1.807, 2.05) is 20.0 Å². The minimum atomic E-state index is -0.576. The number of thiophene rings is 1. The molecule has 0 aliphatic carbocycles. The van der Waals surface area contributed by atoms with Gasteiger partial charge in [-0.05, 0) is 32.9 Å². The predicted molar refractivity (Wildman–Crippen MR) is 96.4 cm³/mol. The summed E-state index contributed by atoms with van der Waals surface area (Å²) in [5.41, 5.74) is 0.896. The summed E-state index contributed by atoms with van der Waals surface area (Å²) in [6.45, 7) is 7.90. The molecule has 2 rings (SSSR count). The Kier molecular flexibility index (Phi) is 6.33. The Morgan fingerprint density at radius 3 is 2.75 bits per heavy atom. The lowest BCUT2D eigenvalue weighted by molar-refractivity contribution is -0.122. The van der Waals surface area contributed by atoms with Crippen molar-refractivity contribution in [3.05, 3.63) is 16.6 Å². The van der Waals surface area contributed by atoms with E-state index in [2.05, 4.69) is 28.0 Å². The van der Waals surface area contributed by atoms with Gasteiger partial charge in [0.2, 0.25) is 5.91 Å². The summed E-state index contributed by atoms with van der Waals surface area (Å²) in [4.78, 5) is 25.9. The third kappa shape index (κ3) is 4.33. The number of carbonyl (C=O) groups is 2. The second kappa shape index (κ2) is 8.25. The zero-order valence-electron chi connectivity index (χ0n) is 14.6. The maximum absolute atomic E-state index is 12.3. The van der Waals surface area contributed by atoms with E-state index >= 15 is 0 Å². The molecule has 1 atom stereocenters. The highest BCUT2D eigenvalue weighted by Gasteiger charge is 2.19. The molecule has 0 aromatic carbocycles. The first-order chi connectivity index (χ1) is 11.4. The van der Waals surface area contributed by atoms with Crippen LogP contribution in [0.5, 0.6) is 0 Å². The summed E-state index contributed by atoms with van der Waals surface area (Å²) in [5.74, 6) is -0.414. The first kappa shape index (κ1) is 18.4. The van der Waals surface area contributed by atoms with Gasteiger partial charge in [-0.25, -0.2) is 0 Å². The molecular formula is C16H25N5O2S. The van der Waals surface area contributed by atoms with Gasteiger partial charge in [0.15, 0.2) is 0 Å². The van der Waals surface area contributed by atoms with Gasteiger partial charge in [-0.1, -0.05) is 6.92 Å². The average molecular weight is 351 g/mol. The highest BCUT2D eigenvalue weighted by atomic mass is 32.1. The van der Waals surface area contributed by atoms with E-state index in [4.69, 9.17) is 0 Å². The van der Waals surface area contributed by atoms with Gasteiger partial charge in [-0.15, -0.1) is 11.3 Å². The highest BCUT2D eigenvalue weighted by Crippen LogP contribution is 2.27. The SMILES string of the molecule is CCCNCCNC(=O)C(C)NC(=O)c1cc2c(C)nn(C)c2s1. The van der Waals surface area contributed by atoms with E-state index in [-0.39, 0.29) is 11.8 Å². The second-order valence-corrected chi connectivity index (χ2v) is 6.81. The molecule has 0 radical (unpaired) electrons. The topological polar surface area (TPSA) is 88.0 Å².